The molecule has 0 atom stereocenters. The van der Waals surface area contributed by atoms with Crippen LogP contribution in [0.2, 0.25) is 5.15 Å². The molecule has 0 saturated carbocycles. The molecule has 1 aromatic carbocycles. The number of nitrogens with zero attached hydrogens (tertiary/aromatic N) is 1. The summed E-state index contributed by atoms with van der Waals surface area (Å²) in [6, 6.07) is 11.7. The highest BCUT2D eigenvalue weighted by atomic mass is 35.5. The van der Waals surface area contributed by atoms with Gasteiger partial charge in [0.25, 0.3) is 5.91 Å². The van der Waals surface area contributed by atoms with Crippen molar-refractivity contribution in [2.75, 3.05) is 11.9 Å². The van der Waals surface area contributed by atoms with Crippen LogP contribution in [0.3, 0.4) is 0 Å². The van der Waals surface area contributed by atoms with E-state index >= 15 is 0 Å². The number of anilines is 1. The van der Waals surface area contributed by atoms with Crippen molar-refractivity contribution in [1.82, 2.24) is 4.98 Å². The van der Waals surface area contributed by atoms with Gasteiger partial charge in [-0.05, 0) is 24.3 Å². The Kier molecular flexibility index (Phi) is 4.68. The number of aromatic nitrogens is 1. The maximum atomic E-state index is 11.6. The second-order valence-electron chi connectivity index (χ2n) is 3.83. The largest absolute Gasteiger partial charge is 0.452 e. The number of ether oxygens (including phenoxy) is 1. The highest BCUT2D eigenvalue weighted by molar-refractivity contribution is 6.32. The Hall–Kier alpha value is -2.40. The van der Waals surface area contributed by atoms with Crippen LogP contribution in [0.5, 0.6) is 0 Å². The lowest BCUT2D eigenvalue weighted by molar-refractivity contribution is -0.119. The number of hydrogen-bond acceptors (Lipinski definition) is 4. The third kappa shape index (κ3) is 3.80. The molecule has 0 bridgehead atoms. The van der Waals surface area contributed by atoms with Crippen molar-refractivity contribution in [3.63, 3.8) is 0 Å². The SMILES string of the molecule is O=C(COC(=O)c1ccccc1)Nc1cccnc1Cl. The summed E-state index contributed by atoms with van der Waals surface area (Å²) in [5, 5.41) is 2.68. The zero-order valence-electron chi connectivity index (χ0n) is 10.4. The Bertz CT molecular complexity index is 617. The number of esters is 1. The molecule has 6 heteroatoms. The Labute approximate surface area is 120 Å². The van der Waals surface area contributed by atoms with Gasteiger partial charge in [-0.15, -0.1) is 0 Å². The van der Waals surface area contributed by atoms with Crippen LogP contribution < -0.4 is 5.32 Å². The van der Waals surface area contributed by atoms with Crippen molar-refractivity contribution in [3.05, 3.63) is 59.4 Å². The number of hydrogen-bond donors (Lipinski definition) is 1. The molecule has 1 N–H and O–H groups in total. The number of amides is 1. The molecule has 1 aromatic heterocycles. The average Bonchev–Trinajstić information content (AvgIpc) is 2.48. The van der Waals surface area contributed by atoms with Crippen LogP contribution >= 0.6 is 11.6 Å². The molecule has 5 nitrogen and oxygen atoms in total. The second kappa shape index (κ2) is 6.68. The maximum absolute atomic E-state index is 11.6. The first-order valence-corrected chi connectivity index (χ1v) is 6.17. The van der Waals surface area contributed by atoms with Crippen LogP contribution in [-0.2, 0) is 9.53 Å². The number of nitrogens with one attached hydrogen (secondary N) is 1. The van der Waals surface area contributed by atoms with Crippen molar-refractivity contribution in [3.8, 4) is 0 Å². The standard InChI is InChI=1S/C14H11ClN2O3/c15-13-11(7-4-8-16-13)17-12(18)9-20-14(19)10-5-2-1-3-6-10/h1-8H,9H2,(H,17,18). The van der Waals surface area contributed by atoms with Gasteiger partial charge in [-0.25, -0.2) is 9.78 Å². The van der Waals surface area contributed by atoms with Crippen LogP contribution in [0.4, 0.5) is 5.69 Å². The third-order valence-corrected chi connectivity index (χ3v) is 2.68. The fourth-order valence-electron chi connectivity index (χ4n) is 1.45. The van der Waals surface area contributed by atoms with E-state index in [0.29, 0.717) is 11.3 Å². The lowest BCUT2D eigenvalue weighted by atomic mass is 10.2. The summed E-state index contributed by atoms with van der Waals surface area (Å²) in [7, 11) is 0. The van der Waals surface area contributed by atoms with E-state index in [-0.39, 0.29) is 11.8 Å². The van der Waals surface area contributed by atoms with Crippen LogP contribution in [-0.4, -0.2) is 23.5 Å². The van der Waals surface area contributed by atoms with Gasteiger partial charge in [-0.2, -0.15) is 0 Å². The van der Waals surface area contributed by atoms with E-state index in [1.165, 1.54) is 6.20 Å². The Balaban J connectivity index is 1.87. The van der Waals surface area contributed by atoms with Crippen molar-refractivity contribution < 1.29 is 14.3 Å². The minimum Gasteiger partial charge on any atom is -0.452 e. The minimum absolute atomic E-state index is 0.176. The zero-order chi connectivity index (χ0) is 14.4. The van der Waals surface area contributed by atoms with Gasteiger partial charge in [0, 0.05) is 6.20 Å². The van der Waals surface area contributed by atoms with Gasteiger partial charge >= 0.3 is 5.97 Å². The van der Waals surface area contributed by atoms with E-state index < -0.39 is 11.9 Å². The number of rotatable bonds is 4. The number of halogens is 1. The highest BCUT2D eigenvalue weighted by Gasteiger charge is 2.11. The van der Waals surface area contributed by atoms with Crippen molar-refractivity contribution >= 4 is 29.2 Å². The predicted octanol–water partition coefficient (Wildman–Crippen LogP) is 2.53. The maximum Gasteiger partial charge on any atom is 0.338 e. The summed E-state index contributed by atoms with van der Waals surface area (Å²) in [5.41, 5.74) is 0.759. The van der Waals surface area contributed by atoms with Crippen molar-refractivity contribution in [2.45, 2.75) is 0 Å². The molecule has 0 saturated heterocycles. The average molecular weight is 291 g/mol. The van der Waals surface area contributed by atoms with Crippen molar-refractivity contribution in [2.24, 2.45) is 0 Å². The van der Waals surface area contributed by atoms with Crippen molar-refractivity contribution in [1.29, 1.82) is 0 Å². The molecule has 0 aliphatic rings. The molecular formula is C14H11ClN2O3. The molecule has 1 amide bonds. The molecule has 0 unspecified atom stereocenters. The molecule has 20 heavy (non-hydrogen) atoms. The van der Waals surface area contributed by atoms with Gasteiger partial charge in [0.1, 0.15) is 0 Å². The van der Waals surface area contributed by atoms with Crippen LogP contribution in [0.25, 0.3) is 0 Å². The summed E-state index contributed by atoms with van der Waals surface area (Å²) in [6.07, 6.45) is 1.51. The number of carbonyl (C=O) groups excluding carboxylic acids is 2. The van der Waals surface area contributed by atoms with Gasteiger partial charge in [-0.1, -0.05) is 29.8 Å². The summed E-state index contributed by atoms with van der Waals surface area (Å²) in [6.45, 7) is -0.390. The van der Waals surface area contributed by atoms with Crippen LogP contribution in [0.1, 0.15) is 10.4 Å². The zero-order valence-corrected chi connectivity index (χ0v) is 11.1. The summed E-state index contributed by atoms with van der Waals surface area (Å²) in [4.78, 5) is 27.1. The Morgan fingerprint density at radius 3 is 2.60 bits per heavy atom. The molecule has 1 heterocycles. The van der Waals surface area contributed by atoms with E-state index in [4.69, 9.17) is 16.3 Å². The lowest BCUT2D eigenvalue weighted by Gasteiger charge is -2.07. The number of benzene rings is 1. The van der Waals surface area contributed by atoms with Gasteiger partial charge in [-0.3, -0.25) is 4.79 Å². The van der Waals surface area contributed by atoms with E-state index in [2.05, 4.69) is 10.3 Å². The first-order valence-electron chi connectivity index (χ1n) is 5.79. The fourth-order valence-corrected chi connectivity index (χ4v) is 1.62. The molecule has 2 aromatic rings. The van der Waals surface area contributed by atoms with Gasteiger partial charge in [0.05, 0.1) is 11.3 Å². The van der Waals surface area contributed by atoms with E-state index in [1.54, 1.807) is 42.5 Å². The molecular weight excluding hydrogens is 280 g/mol. The van der Waals surface area contributed by atoms with Gasteiger partial charge in [0.15, 0.2) is 11.8 Å². The summed E-state index contributed by atoms with van der Waals surface area (Å²) in [5.74, 6) is -1.04. The topological polar surface area (TPSA) is 68.3 Å². The quantitative estimate of drug-likeness (QED) is 0.694. The van der Waals surface area contributed by atoms with Crippen LogP contribution in [0, 0.1) is 0 Å². The van der Waals surface area contributed by atoms with Crippen LogP contribution in [0.15, 0.2) is 48.7 Å². The normalized spacial score (nSPS) is 9.85. The Morgan fingerprint density at radius 2 is 1.90 bits per heavy atom. The molecule has 0 spiro atoms. The molecule has 0 radical (unpaired) electrons. The number of pyridine rings is 1. The third-order valence-electron chi connectivity index (χ3n) is 2.38. The molecule has 0 fully saturated rings. The van der Waals surface area contributed by atoms with E-state index in [0.717, 1.165) is 0 Å². The lowest BCUT2D eigenvalue weighted by Crippen LogP contribution is -2.21. The van der Waals surface area contributed by atoms with Gasteiger partial charge < -0.3 is 10.1 Å². The second-order valence-corrected chi connectivity index (χ2v) is 4.19. The summed E-state index contributed by atoms with van der Waals surface area (Å²) >= 11 is 5.79. The Morgan fingerprint density at radius 1 is 1.15 bits per heavy atom. The molecule has 2 rings (SSSR count). The predicted molar refractivity (Wildman–Crippen MR) is 74.6 cm³/mol. The summed E-state index contributed by atoms with van der Waals surface area (Å²) < 4.78 is 4.89. The minimum atomic E-state index is -0.557. The van der Waals surface area contributed by atoms with E-state index in [9.17, 15) is 9.59 Å². The van der Waals surface area contributed by atoms with E-state index in [1.807, 2.05) is 0 Å². The molecule has 102 valence electrons. The van der Waals surface area contributed by atoms with Gasteiger partial charge in [0.2, 0.25) is 0 Å². The first kappa shape index (κ1) is 14.0. The molecule has 0 aliphatic heterocycles. The fraction of sp³-hybridized carbons (Fsp3) is 0.0714. The number of carbonyl (C=O) groups is 2. The highest BCUT2D eigenvalue weighted by Crippen LogP contribution is 2.17. The molecule has 0 aliphatic carbocycles. The first-order chi connectivity index (χ1) is 9.66. The monoisotopic (exact) mass is 290 g/mol. The smallest absolute Gasteiger partial charge is 0.338 e.